The Bertz CT molecular complexity index is 1290. The minimum absolute atomic E-state index is 0.0828. The van der Waals surface area contributed by atoms with Gasteiger partial charge in [0, 0.05) is 0 Å². The molecular weight excluding hydrogens is 449 g/mol. The number of carbonyl (C=O) groups is 2. The van der Waals surface area contributed by atoms with Crippen LogP contribution in [0.5, 0.6) is 5.75 Å². The van der Waals surface area contributed by atoms with Crippen molar-refractivity contribution < 1.29 is 18.7 Å². The lowest BCUT2D eigenvalue weighted by Gasteiger charge is -2.31. The zero-order chi connectivity index (χ0) is 24.1. The largest absolute Gasteiger partial charge is 0.497 e. The lowest BCUT2D eigenvalue weighted by molar-refractivity contribution is -0.122. The zero-order valence-electron chi connectivity index (χ0n) is 19.1. The predicted molar refractivity (Wildman–Crippen MR) is 126 cm³/mol. The number of rotatable bonds is 4. The second-order valence-corrected chi connectivity index (χ2v) is 9.12. The standard InChI is InChI=1S/C26H24FN5O3/c1-35-18-12-8-15(9-13-18)21-14-22(16-6-10-17(27)11-7-16)32-25(28-21)29-26(30-32)31-23(33)19-4-2-3-5-20(19)24(31)34/h2-3,6-13,19-22H,4-5,14H2,1H3,(H,28,29,30)/t19-,20+,21-,22+/m0/s1. The number of methoxy groups -OCH3 is 1. The molecule has 0 saturated carbocycles. The summed E-state index contributed by atoms with van der Waals surface area (Å²) >= 11 is 0. The molecule has 9 heteroatoms. The van der Waals surface area contributed by atoms with Crippen molar-refractivity contribution in [1.29, 1.82) is 0 Å². The molecule has 178 valence electrons. The Kier molecular flexibility index (Phi) is 5.12. The summed E-state index contributed by atoms with van der Waals surface area (Å²) in [6, 6.07) is 13.7. The number of ether oxygens (including phenoxy) is 1. The van der Waals surface area contributed by atoms with Crippen molar-refractivity contribution in [2.45, 2.75) is 31.3 Å². The van der Waals surface area contributed by atoms with Crippen LogP contribution in [0.25, 0.3) is 0 Å². The van der Waals surface area contributed by atoms with E-state index < -0.39 is 0 Å². The van der Waals surface area contributed by atoms with Crippen LogP contribution in [0.15, 0.2) is 60.7 Å². The summed E-state index contributed by atoms with van der Waals surface area (Å²) in [7, 11) is 1.62. The van der Waals surface area contributed by atoms with Crippen LogP contribution in [0.3, 0.4) is 0 Å². The summed E-state index contributed by atoms with van der Waals surface area (Å²) in [6.07, 6.45) is 5.62. The van der Waals surface area contributed by atoms with E-state index in [2.05, 4.69) is 15.4 Å². The molecule has 0 bridgehead atoms. The van der Waals surface area contributed by atoms with Gasteiger partial charge in [0.1, 0.15) is 11.6 Å². The predicted octanol–water partition coefficient (Wildman–Crippen LogP) is 4.03. The molecule has 2 aromatic carbocycles. The second kappa shape index (κ2) is 8.33. The Hall–Kier alpha value is -4.01. The number of anilines is 2. The van der Waals surface area contributed by atoms with Crippen LogP contribution in [0.2, 0.25) is 0 Å². The highest BCUT2D eigenvalue weighted by atomic mass is 19.1. The van der Waals surface area contributed by atoms with E-state index >= 15 is 0 Å². The van der Waals surface area contributed by atoms with Crippen LogP contribution in [-0.2, 0) is 9.59 Å². The van der Waals surface area contributed by atoms with Crippen LogP contribution in [0.1, 0.15) is 42.5 Å². The van der Waals surface area contributed by atoms with Crippen LogP contribution in [0.4, 0.5) is 16.3 Å². The van der Waals surface area contributed by atoms with Crippen molar-refractivity contribution in [3.63, 3.8) is 0 Å². The SMILES string of the molecule is COc1ccc([C@@H]2C[C@H](c3ccc(F)cc3)n3nc(N4C(=O)[C@H]5CC=CC[C@H]5C4=O)nc3N2)cc1. The van der Waals surface area contributed by atoms with Crippen LogP contribution in [0, 0.1) is 17.7 Å². The molecule has 3 heterocycles. The number of fused-ring (bicyclic) bond motifs is 2. The first kappa shape index (κ1) is 21.5. The molecule has 4 atom stereocenters. The number of carbonyl (C=O) groups excluding carboxylic acids is 2. The summed E-state index contributed by atoms with van der Waals surface area (Å²) in [5.74, 6) is -0.253. The molecule has 2 aliphatic heterocycles. The lowest BCUT2D eigenvalue weighted by Crippen LogP contribution is -2.32. The molecule has 0 spiro atoms. The third-order valence-corrected chi connectivity index (χ3v) is 7.16. The summed E-state index contributed by atoms with van der Waals surface area (Å²) in [5, 5.41) is 8.03. The number of allylic oxidation sites excluding steroid dienone is 2. The molecule has 1 fully saturated rings. The van der Waals surface area contributed by atoms with Gasteiger partial charge in [-0.25, -0.2) is 14.0 Å². The van der Waals surface area contributed by atoms with E-state index in [1.165, 1.54) is 12.1 Å². The van der Waals surface area contributed by atoms with Gasteiger partial charge in [-0.3, -0.25) is 9.59 Å². The smallest absolute Gasteiger partial charge is 0.260 e. The van der Waals surface area contributed by atoms with Gasteiger partial charge < -0.3 is 10.1 Å². The van der Waals surface area contributed by atoms with Crippen LogP contribution < -0.4 is 15.0 Å². The number of benzene rings is 2. The van der Waals surface area contributed by atoms with E-state index in [-0.39, 0.29) is 47.5 Å². The summed E-state index contributed by atoms with van der Waals surface area (Å²) in [6.45, 7) is 0. The normalized spacial score (nSPS) is 25.3. The molecular formula is C26H24FN5O3. The highest BCUT2D eigenvalue weighted by Crippen LogP contribution is 2.41. The second-order valence-electron chi connectivity index (χ2n) is 9.12. The summed E-state index contributed by atoms with van der Waals surface area (Å²) < 4.78 is 20.6. The number of hydrogen-bond donors (Lipinski definition) is 1. The van der Waals surface area contributed by atoms with E-state index in [9.17, 15) is 14.0 Å². The van der Waals surface area contributed by atoms with Gasteiger partial charge in [0.2, 0.25) is 17.8 Å². The summed E-state index contributed by atoms with van der Waals surface area (Å²) in [5.41, 5.74) is 1.89. The number of nitrogens with zero attached hydrogens (tertiary/aromatic N) is 4. The molecule has 1 aromatic heterocycles. The average Bonchev–Trinajstić information content (AvgIpc) is 3.42. The number of amides is 2. The molecule has 2 amide bonds. The minimum Gasteiger partial charge on any atom is -0.497 e. The van der Waals surface area contributed by atoms with Crippen molar-refractivity contribution in [2.24, 2.45) is 11.8 Å². The van der Waals surface area contributed by atoms with Gasteiger partial charge in [0.25, 0.3) is 5.95 Å². The number of hydrogen-bond acceptors (Lipinski definition) is 6. The average molecular weight is 474 g/mol. The first-order valence-electron chi connectivity index (χ1n) is 11.7. The van der Waals surface area contributed by atoms with Crippen molar-refractivity contribution in [3.05, 3.63) is 77.6 Å². The van der Waals surface area contributed by atoms with Gasteiger partial charge >= 0.3 is 0 Å². The fraction of sp³-hybridized carbons (Fsp3) is 0.308. The maximum absolute atomic E-state index is 13.7. The molecule has 0 unspecified atom stereocenters. The van der Waals surface area contributed by atoms with Crippen LogP contribution in [-0.4, -0.2) is 33.7 Å². The zero-order valence-corrected chi connectivity index (χ0v) is 19.1. The molecule has 1 N–H and O–H groups in total. The van der Waals surface area contributed by atoms with Crippen molar-refractivity contribution in [2.75, 3.05) is 17.3 Å². The quantitative estimate of drug-likeness (QED) is 0.455. The van der Waals surface area contributed by atoms with Gasteiger partial charge in [0.05, 0.1) is 31.0 Å². The number of halogens is 1. The van der Waals surface area contributed by atoms with Gasteiger partial charge in [-0.05, 0) is 54.7 Å². The van der Waals surface area contributed by atoms with Gasteiger partial charge in [-0.1, -0.05) is 36.4 Å². The highest BCUT2D eigenvalue weighted by molar-refractivity contribution is 6.21. The Labute approximate surface area is 201 Å². The molecule has 8 nitrogen and oxygen atoms in total. The Morgan fingerprint density at radius 3 is 2.20 bits per heavy atom. The molecule has 3 aliphatic rings. The number of imide groups is 1. The number of nitrogens with one attached hydrogen (secondary N) is 1. The van der Waals surface area contributed by atoms with E-state index in [0.717, 1.165) is 21.8 Å². The summed E-state index contributed by atoms with van der Waals surface area (Å²) in [4.78, 5) is 32.0. The third kappa shape index (κ3) is 3.58. The monoisotopic (exact) mass is 473 g/mol. The first-order valence-corrected chi connectivity index (χ1v) is 11.7. The Morgan fingerprint density at radius 2 is 1.57 bits per heavy atom. The van der Waals surface area contributed by atoms with E-state index in [1.54, 1.807) is 23.9 Å². The molecule has 35 heavy (non-hydrogen) atoms. The van der Waals surface area contributed by atoms with Gasteiger partial charge in [0.15, 0.2) is 0 Å². The van der Waals surface area contributed by atoms with Crippen LogP contribution >= 0.6 is 0 Å². The van der Waals surface area contributed by atoms with Gasteiger partial charge in [-0.2, -0.15) is 4.98 Å². The molecule has 1 aliphatic carbocycles. The first-order chi connectivity index (χ1) is 17.0. The number of aromatic nitrogens is 3. The Morgan fingerprint density at radius 1 is 0.943 bits per heavy atom. The fourth-order valence-corrected chi connectivity index (χ4v) is 5.28. The van der Waals surface area contributed by atoms with E-state index in [1.807, 2.05) is 36.4 Å². The third-order valence-electron chi connectivity index (χ3n) is 7.16. The molecule has 0 radical (unpaired) electrons. The molecule has 6 rings (SSSR count). The van der Waals surface area contributed by atoms with Crippen molar-refractivity contribution in [3.8, 4) is 5.75 Å². The Balaban J connectivity index is 1.39. The maximum atomic E-state index is 13.7. The topological polar surface area (TPSA) is 89.4 Å². The van der Waals surface area contributed by atoms with E-state index in [0.29, 0.717) is 25.2 Å². The van der Waals surface area contributed by atoms with Crippen molar-refractivity contribution >= 4 is 23.7 Å². The van der Waals surface area contributed by atoms with Crippen molar-refractivity contribution in [1.82, 2.24) is 14.8 Å². The van der Waals surface area contributed by atoms with Gasteiger partial charge in [-0.15, -0.1) is 5.10 Å². The molecule has 1 saturated heterocycles. The fourth-order valence-electron chi connectivity index (χ4n) is 5.28. The molecule has 3 aromatic rings. The minimum atomic E-state index is -0.360. The van der Waals surface area contributed by atoms with E-state index in [4.69, 9.17) is 4.74 Å². The maximum Gasteiger partial charge on any atom is 0.260 e. The lowest BCUT2D eigenvalue weighted by atomic mass is 9.85. The highest BCUT2D eigenvalue weighted by Gasteiger charge is 2.50.